The highest BCUT2D eigenvalue weighted by Crippen LogP contribution is 2.34. The minimum absolute atomic E-state index is 0.113. The molecule has 6 rings (SSSR count). The third-order valence-electron chi connectivity index (χ3n) is 7.84. The molecule has 10 heteroatoms. The number of rotatable bonds is 7. The molecule has 0 radical (unpaired) electrons. The Kier molecular flexibility index (Phi) is 7.19. The molecule has 206 valence electrons. The average Bonchev–Trinajstić information content (AvgIpc) is 3.38. The van der Waals surface area contributed by atoms with Crippen LogP contribution in [0.15, 0.2) is 54.9 Å². The second kappa shape index (κ2) is 11.1. The molecule has 1 amide bonds. The highest BCUT2D eigenvalue weighted by atomic mass is 16.5. The molecule has 0 saturated carbocycles. The number of benzene rings is 2. The van der Waals surface area contributed by atoms with E-state index in [1.165, 1.54) is 15.8 Å². The lowest BCUT2D eigenvalue weighted by atomic mass is 9.90. The van der Waals surface area contributed by atoms with E-state index in [2.05, 4.69) is 20.3 Å². The average molecular weight is 539 g/mol. The molecule has 0 spiro atoms. The lowest BCUT2D eigenvalue weighted by Crippen LogP contribution is -2.40. The molecule has 40 heavy (non-hydrogen) atoms. The number of carbonyl (C=O) groups excluding carboxylic acids is 1. The number of fused-ring (bicyclic) bond motifs is 3. The molecule has 10 nitrogen and oxygen atoms in total. The first-order chi connectivity index (χ1) is 19.5. The van der Waals surface area contributed by atoms with Crippen molar-refractivity contribution in [3.63, 3.8) is 0 Å². The van der Waals surface area contributed by atoms with Gasteiger partial charge in [-0.2, -0.15) is 0 Å². The fourth-order valence-corrected chi connectivity index (χ4v) is 5.41. The molecule has 5 N–H and O–H groups in total. The predicted octanol–water partition coefficient (Wildman–Crippen LogP) is 3.24. The van der Waals surface area contributed by atoms with Crippen LogP contribution in [0, 0.1) is 0 Å². The van der Waals surface area contributed by atoms with Gasteiger partial charge in [-0.05, 0) is 92.2 Å². The standard InChI is InChI=1S/C30H34N8O2/c1-40-24-8-9-25-20(16-24)4-5-21-17-33-30(35-27(21)25)38-18-26(28(32)36-38)29(39)34-23-6-2-19(3-7-23)10-13-37-14-11-22(31)12-15-37/h2-3,6-9,16-18,22H,4-5,10-15,31H2,1H3,(H2,32,36)(H,34,39). The van der Waals surface area contributed by atoms with Crippen molar-refractivity contribution in [3.8, 4) is 23.0 Å². The zero-order valence-corrected chi connectivity index (χ0v) is 22.6. The van der Waals surface area contributed by atoms with Crippen molar-refractivity contribution in [1.29, 1.82) is 0 Å². The lowest BCUT2D eigenvalue weighted by Gasteiger charge is -2.29. The molecule has 0 bridgehead atoms. The summed E-state index contributed by atoms with van der Waals surface area (Å²) >= 11 is 0. The van der Waals surface area contributed by atoms with Gasteiger partial charge < -0.3 is 26.4 Å². The van der Waals surface area contributed by atoms with Gasteiger partial charge in [0.2, 0.25) is 0 Å². The maximum absolute atomic E-state index is 13.1. The number of nitrogens with zero attached hydrogens (tertiary/aromatic N) is 5. The molecular weight excluding hydrogens is 504 g/mol. The molecule has 4 aromatic rings. The van der Waals surface area contributed by atoms with Crippen molar-refractivity contribution in [3.05, 3.63) is 77.1 Å². The van der Waals surface area contributed by atoms with Crippen molar-refractivity contribution in [1.82, 2.24) is 24.6 Å². The SMILES string of the molecule is COc1ccc2c(c1)CCc1cnc(-n3cc(C(=O)Nc4ccc(CCN5CCC(N)CC5)cc4)c(N)n3)nc1-2. The Balaban J connectivity index is 1.13. The summed E-state index contributed by atoms with van der Waals surface area (Å²) in [6.45, 7) is 3.13. The van der Waals surface area contributed by atoms with Gasteiger partial charge in [-0.15, -0.1) is 5.10 Å². The monoisotopic (exact) mass is 538 g/mol. The summed E-state index contributed by atoms with van der Waals surface area (Å²) in [4.78, 5) is 24.8. The van der Waals surface area contributed by atoms with Gasteiger partial charge in [0.05, 0.1) is 12.8 Å². The van der Waals surface area contributed by atoms with Gasteiger partial charge in [0.1, 0.15) is 11.3 Å². The number of likely N-dealkylation sites (tertiary alicyclic amines) is 1. The molecule has 1 aliphatic carbocycles. The number of anilines is 2. The second-order valence-electron chi connectivity index (χ2n) is 10.5. The van der Waals surface area contributed by atoms with E-state index in [-0.39, 0.29) is 17.3 Å². The molecule has 3 heterocycles. The molecule has 0 unspecified atom stereocenters. The third kappa shape index (κ3) is 5.41. The molecule has 0 atom stereocenters. The van der Waals surface area contributed by atoms with Crippen LogP contribution in [0.2, 0.25) is 0 Å². The maximum atomic E-state index is 13.1. The van der Waals surface area contributed by atoms with Gasteiger partial charge in [-0.1, -0.05) is 12.1 Å². The van der Waals surface area contributed by atoms with Gasteiger partial charge in [-0.25, -0.2) is 14.6 Å². The first-order valence-corrected chi connectivity index (χ1v) is 13.7. The van der Waals surface area contributed by atoms with E-state index >= 15 is 0 Å². The lowest BCUT2D eigenvalue weighted by molar-refractivity contribution is 0.102. The fourth-order valence-electron chi connectivity index (χ4n) is 5.41. The summed E-state index contributed by atoms with van der Waals surface area (Å²) in [5, 5.41) is 7.27. The second-order valence-corrected chi connectivity index (χ2v) is 10.5. The van der Waals surface area contributed by atoms with Crippen molar-refractivity contribution in [2.24, 2.45) is 5.73 Å². The number of hydrogen-bond donors (Lipinski definition) is 3. The van der Waals surface area contributed by atoms with Crippen LogP contribution in [0.25, 0.3) is 17.2 Å². The van der Waals surface area contributed by atoms with Crippen LogP contribution >= 0.6 is 0 Å². The van der Waals surface area contributed by atoms with Crippen molar-refractivity contribution in [2.45, 2.75) is 38.1 Å². The van der Waals surface area contributed by atoms with E-state index < -0.39 is 0 Å². The largest absolute Gasteiger partial charge is 0.497 e. The predicted molar refractivity (Wildman–Crippen MR) is 155 cm³/mol. The van der Waals surface area contributed by atoms with Gasteiger partial charge in [-0.3, -0.25) is 4.79 Å². The number of piperidine rings is 1. The van der Waals surface area contributed by atoms with Gasteiger partial charge in [0.25, 0.3) is 11.9 Å². The summed E-state index contributed by atoms with van der Waals surface area (Å²) in [7, 11) is 1.66. The first kappa shape index (κ1) is 26.0. The Bertz CT molecular complexity index is 1520. The maximum Gasteiger partial charge on any atom is 0.261 e. The fraction of sp³-hybridized carbons (Fsp3) is 0.333. The van der Waals surface area contributed by atoms with E-state index in [0.717, 1.165) is 74.3 Å². The Hall–Kier alpha value is -4.28. The van der Waals surface area contributed by atoms with Crippen LogP contribution < -0.4 is 21.5 Å². The molecule has 1 aliphatic heterocycles. The summed E-state index contributed by atoms with van der Waals surface area (Å²) in [6, 6.07) is 14.3. The summed E-state index contributed by atoms with van der Waals surface area (Å²) < 4.78 is 6.84. The molecule has 1 fully saturated rings. The highest BCUT2D eigenvalue weighted by molar-refractivity contribution is 6.07. The van der Waals surface area contributed by atoms with Crippen LogP contribution in [0.4, 0.5) is 11.5 Å². The zero-order chi connectivity index (χ0) is 27.6. The topological polar surface area (TPSA) is 137 Å². The number of aryl methyl sites for hydroxylation is 2. The van der Waals surface area contributed by atoms with E-state index in [0.29, 0.717) is 17.7 Å². The highest BCUT2D eigenvalue weighted by Gasteiger charge is 2.22. The zero-order valence-electron chi connectivity index (χ0n) is 22.6. The number of carbonyl (C=O) groups is 1. The first-order valence-electron chi connectivity index (χ1n) is 13.7. The Morgan fingerprint density at radius 2 is 1.88 bits per heavy atom. The smallest absolute Gasteiger partial charge is 0.261 e. The summed E-state index contributed by atoms with van der Waals surface area (Å²) in [5.41, 5.74) is 18.5. The van der Waals surface area contributed by atoms with Crippen LogP contribution in [-0.2, 0) is 19.3 Å². The number of aromatic nitrogens is 4. The number of ether oxygens (including phenoxy) is 1. The Labute approximate surface area is 233 Å². The summed E-state index contributed by atoms with van der Waals surface area (Å²) in [6.07, 6.45) is 8.22. The Morgan fingerprint density at radius 1 is 1.10 bits per heavy atom. The minimum atomic E-state index is -0.337. The van der Waals surface area contributed by atoms with Crippen molar-refractivity contribution < 1.29 is 9.53 Å². The number of nitrogens with two attached hydrogens (primary N) is 2. The third-order valence-corrected chi connectivity index (χ3v) is 7.84. The number of methoxy groups -OCH3 is 1. The van der Waals surface area contributed by atoms with Crippen molar-refractivity contribution >= 4 is 17.4 Å². The van der Waals surface area contributed by atoms with E-state index in [9.17, 15) is 4.79 Å². The van der Waals surface area contributed by atoms with Gasteiger partial charge >= 0.3 is 0 Å². The van der Waals surface area contributed by atoms with Crippen LogP contribution in [0.1, 0.15) is 39.9 Å². The molecule has 1 saturated heterocycles. The normalized spacial score (nSPS) is 15.3. The minimum Gasteiger partial charge on any atom is -0.497 e. The van der Waals surface area contributed by atoms with Gasteiger partial charge in [0, 0.05) is 36.2 Å². The molecule has 2 aromatic carbocycles. The van der Waals surface area contributed by atoms with E-state index in [1.54, 1.807) is 13.3 Å². The van der Waals surface area contributed by atoms with Crippen LogP contribution in [0.5, 0.6) is 5.75 Å². The number of nitrogen functional groups attached to an aromatic ring is 1. The Morgan fingerprint density at radius 3 is 2.65 bits per heavy atom. The molecule has 2 aromatic heterocycles. The number of hydrogen-bond acceptors (Lipinski definition) is 8. The van der Waals surface area contributed by atoms with E-state index in [4.69, 9.17) is 21.2 Å². The summed E-state index contributed by atoms with van der Waals surface area (Å²) in [5.74, 6) is 0.955. The van der Waals surface area contributed by atoms with Crippen LogP contribution in [-0.4, -0.2) is 63.3 Å². The molecular formula is C30H34N8O2. The van der Waals surface area contributed by atoms with Gasteiger partial charge in [0.15, 0.2) is 5.82 Å². The molecule has 2 aliphatic rings. The van der Waals surface area contributed by atoms with Crippen molar-refractivity contribution in [2.75, 3.05) is 37.8 Å². The van der Waals surface area contributed by atoms with E-state index in [1.807, 2.05) is 48.7 Å². The number of amides is 1. The quantitative estimate of drug-likeness (QED) is 0.326. The van der Waals surface area contributed by atoms with Crippen LogP contribution in [0.3, 0.4) is 0 Å². The number of nitrogens with one attached hydrogen (secondary N) is 1.